The number of benzene rings is 1. The maximum absolute atomic E-state index is 6.18. The Hall–Kier alpha value is -1.45. The SMILES string of the molecule is CCC1CN2CCC1CC2C1(c2ccnc3ccccc23)CO1. The lowest BCUT2D eigenvalue weighted by molar-refractivity contribution is -0.0353. The summed E-state index contributed by atoms with van der Waals surface area (Å²) in [6.07, 6.45) is 5.95. The van der Waals surface area contributed by atoms with Gasteiger partial charge in [0.15, 0.2) is 0 Å². The lowest BCUT2D eigenvalue weighted by Crippen LogP contribution is -2.57. The molecule has 23 heavy (non-hydrogen) atoms. The summed E-state index contributed by atoms with van der Waals surface area (Å²) >= 11 is 0. The molecule has 4 fully saturated rings. The minimum atomic E-state index is -0.0834. The Morgan fingerprint density at radius 3 is 2.91 bits per heavy atom. The third-order valence-corrected chi connectivity index (χ3v) is 6.51. The van der Waals surface area contributed by atoms with Gasteiger partial charge in [-0.05, 0) is 48.9 Å². The van der Waals surface area contributed by atoms with Crippen molar-refractivity contribution in [3.8, 4) is 0 Å². The lowest BCUT2D eigenvalue weighted by Gasteiger charge is -2.51. The average molecular weight is 308 g/mol. The second-order valence-electron chi connectivity index (χ2n) is 7.52. The molecular weight excluding hydrogens is 284 g/mol. The number of aromatic nitrogens is 1. The highest BCUT2D eigenvalue weighted by Gasteiger charge is 2.59. The Kier molecular flexibility index (Phi) is 3.04. The van der Waals surface area contributed by atoms with E-state index >= 15 is 0 Å². The van der Waals surface area contributed by atoms with Crippen molar-refractivity contribution < 1.29 is 4.74 Å². The Morgan fingerprint density at radius 1 is 1.30 bits per heavy atom. The Morgan fingerprint density at radius 2 is 2.17 bits per heavy atom. The van der Waals surface area contributed by atoms with Crippen LogP contribution in [0.15, 0.2) is 36.5 Å². The molecule has 2 aromatic rings. The fraction of sp³-hybridized carbons (Fsp3) is 0.550. The quantitative estimate of drug-likeness (QED) is 0.812. The van der Waals surface area contributed by atoms with E-state index in [1.54, 1.807) is 0 Å². The molecule has 120 valence electrons. The van der Waals surface area contributed by atoms with Crippen LogP contribution in [0.2, 0.25) is 0 Å². The van der Waals surface area contributed by atoms with Gasteiger partial charge in [0, 0.05) is 24.2 Å². The molecular formula is C20H24N2O. The first-order chi connectivity index (χ1) is 11.3. The van der Waals surface area contributed by atoms with Crippen LogP contribution in [0.4, 0.5) is 0 Å². The highest BCUT2D eigenvalue weighted by Crippen LogP contribution is 2.52. The van der Waals surface area contributed by atoms with E-state index in [4.69, 9.17) is 4.74 Å². The molecule has 0 spiro atoms. The van der Waals surface area contributed by atoms with Gasteiger partial charge >= 0.3 is 0 Å². The number of rotatable bonds is 3. The predicted octanol–water partition coefficient (Wildman–Crippen LogP) is 3.58. The summed E-state index contributed by atoms with van der Waals surface area (Å²) in [6.45, 7) is 5.73. The molecule has 0 aliphatic carbocycles. The van der Waals surface area contributed by atoms with Gasteiger partial charge in [0.2, 0.25) is 0 Å². The van der Waals surface area contributed by atoms with Crippen molar-refractivity contribution >= 4 is 10.9 Å². The van der Waals surface area contributed by atoms with Gasteiger partial charge in [-0.2, -0.15) is 0 Å². The van der Waals surface area contributed by atoms with Crippen molar-refractivity contribution in [1.29, 1.82) is 0 Å². The topological polar surface area (TPSA) is 28.7 Å². The van der Waals surface area contributed by atoms with Gasteiger partial charge in [-0.3, -0.25) is 9.88 Å². The molecule has 2 bridgehead atoms. The second-order valence-corrected chi connectivity index (χ2v) is 7.52. The summed E-state index contributed by atoms with van der Waals surface area (Å²) in [4.78, 5) is 7.25. The molecule has 1 aromatic carbocycles. The lowest BCUT2D eigenvalue weighted by atomic mass is 9.70. The zero-order chi connectivity index (χ0) is 15.4. The molecule has 4 saturated heterocycles. The summed E-state index contributed by atoms with van der Waals surface area (Å²) in [5, 5.41) is 1.27. The smallest absolute Gasteiger partial charge is 0.133 e. The molecule has 4 aliphatic heterocycles. The molecule has 0 amide bonds. The average Bonchev–Trinajstić information content (AvgIpc) is 3.43. The molecule has 0 N–H and O–H groups in total. The fourth-order valence-corrected chi connectivity index (χ4v) is 5.16. The molecule has 5 unspecified atom stereocenters. The van der Waals surface area contributed by atoms with Gasteiger partial charge in [0.05, 0.1) is 12.1 Å². The van der Waals surface area contributed by atoms with E-state index in [0.717, 1.165) is 24.0 Å². The molecule has 6 rings (SSSR count). The van der Waals surface area contributed by atoms with E-state index in [2.05, 4.69) is 47.1 Å². The third kappa shape index (κ3) is 1.99. The van der Waals surface area contributed by atoms with E-state index in [1.165, 1.54) is 43.3 Å². The van der Waals surface area contributed by atoms with Gasteiger partial charge in [-0.15, -0.1) is 0 Å². The summed E-state index contributed by atoms with van der Waals surface area (Å²) in [7, 11) is 0. The van der Waals surface area contributed by atoms with Crippen LogP contribution in [0, 0.1) is 11.8 Å². The van der Waals surface area contributed by atoms with Crippen molar-refractivity contribution in [3.63, 3.8) is 0 Å². The second kappa shape index (κ2) is 5.02. The molecule has 3 nitrogen and oxygen atoms in total. The van der Waals surface area contributed by atoms with Gasteiger partial charge < -0.3 is 4.74 Å². The normalized spacial score (nSPS) is 38.8. The van der Waals surface area contributed by atoms with Crippen molar-refractivity contribution in [2.75, 3.05) is 19.7 Å². The first-order valence-corrected chi connectivity index (χ1v) is 9.04. The number of nitrogens with zero attached hydrogens (tertiary/aromatic N) is 2. The summed E-state index contributed by atoms with van der Waals surface area (Å²) in [6, 6.07) is 11.2. The molecule has 5 heterocycles. The van der Waals surface area contributed by atoms with Crippen LogP contribution >= 0.6 is 0 Å². The predicted molar refractivity (Wildman–Crippen MR) is 91.2 cm³/mol. The van der Waals surface area contributed by atoms with Crippen LogP contribution in [0.3, 0.4) is 0 Å². The van der Waals surface area contributed by atoms with Gasteiger partial charge in [-0.25, -0.2) is 0 Å². The minimum Gasteiger partial charge on any atom is -0.363 e. The number of fused-ring (bicyclic) bond motifs is 4. The first-order valence-electron chi connectivity index (χ1n) is 9.04. The van der Waals surface area contributed by atoms with Crippen LogP contribution in [0.25, 0.3) is 10.9 Å². The number of hydrogen-bond donors (Lipinski definition) is 0. The fourth-order valence-electron chi connectivity index (χ4n) is 5.16. The monoisotopic (exact) mass is 308 g/mol. The Labute approximate surface area is 137 Å². The van der Waals surface area contributed by atoms with E-state index in [1.807, 2.05) is 6.20 Å². The zero-order valence-corrected chi connectivity index (χ0v) is 13.7. The van der Waals surface area contributed by atoms with Crippen molar-refractivity contribution in [2.24, 2.45) is 11.8 Å². The maximum atomic E-state index is 6.18. The highest BCUT2D eigenvalue weighted by atomic mass is 16.6. The van der Waals surface area contributed by atoms with Gasteiger partial charge in [-0.1, -0.05) is 31.5 Å². The van der Waals surface area contributed by atoms with Crippen molar-refractivity contribution in [3.05, 3.63) is 42.1 Å². The van der Waals surface area contributed by atoms with Crippen LogP contribution in [0.1, 0.15) is 31.7 Å². The number of ether oxygens (including phenoxy) is 1. The number of piperidine rings is 3. The van der Waals surface area contributed by atoms with E-state index < -0.39 is 0 Å². The number of para-hydroxylation sites is 1. The summed E-state index contributed by atoms with van der Waals surface area (Å²) in [5.41, 5.74) is 2.36. The van der Waals surface area contributed by atoms with E-state index in [0.29, 0.717) is 6.04 Å². The minimum absolute atomic E-state index is 0.0834. The van der Waals surface area contributed by atoms with E-state index in [9.17, 15) is 0 Å². The summed E-state index contributed by atoms with van der Waals surface area (Å²) in [5.74, 6) is 1.79. The number of hydrogen-bond acceptors (Lipinski definition) is 3. The standard InChI is InChI=1S/C20H24N2O/c1-2-14-12-22-10-8-15(14)11-19(22)20(13-23-20)17-7-9-21-18-6-4-3-5-16(17)18/h3-7,9,14-15,19H,2,8,10-13H2,1H3. The largest absolute Gasteiger partial charge is 0.363 e. The van der Waals surface area contributed by atoms with Crippen LogP contribution in [0.5, 0.6) is 0 Å². The Bertz CT molecular complexity index is 734. The van der Waals surface area contributed by atoms with Crippen LogP contribution < -0.4 is 0 Å². The molecule has 1 aromatic heterocycles. The van der Waals surface area contributed by atoms with Crippen molar-refractivity contribution in [2.45, 2.75) is 37.8 Å². The zero-order valence-electron chi connectivity index (χ0n) is 13.7. The van der Waals surface area contributed by atoms with Crippen LogP contribution in [-0.4, -0.2) is 35.6 Å². The molecule has 3 heteroatoms. The third-order valence-electron chi connectivity index (χ3n) is 6.51. The van der Waals surface area contributed by atoms with Gasteiger partial charge in [0.25, 0.3) is 0 Å². The van der Waals surface area contributed by atoms with E-state index in [-0.39, 0.29) is 5.60 Å². The molecule has 4 aliphatic rings. The number of epoxide rings is 1. The van der Waals surface area contributed by atoms with Gasteiger partial charge in [0.1, 0.15) is 5.60 Å². The number of pyridine rings is 1. The molecule has 0 radical (unpaired) electrons. The molecule has 0 saturated carbocycles. The highest BCUT2D eigenvalue weighted by molar-refractivity contribution is 5.83. The van der Waals surface area contributed by atoms with Crippen molar-refractivity contribution in [1.82, 2.24) is 9.88 Å². The Balaban J connectivity index is 1.55. The first kappa shape index (κ1) is 13.9. The summed E-state index contributed by atoms with van der Waals surface area (Å²) < 4.78 is 6.18. The molecule has 5 atom stereocenters. The van der Waals surface area contributed by atoms with Crippen LogP contribution in [-0.2, 0) is 10.3 Å². The maximum Gasteiger partial charge on any atom is 0.133 e.